The molecule has 124 valence electrons. The van der Waals surface area contributed by atoms with Crippen LogP contribution in [-0.4, -0.2) is 40.8 Å². The van der Waals surface area contributed by atoms with Crippen LogP contribution in [0.5, 0.6) is 0 Å². The van der Waals surface area contributed by atoms with Crippen molar-refractivity contribution in [2.75, 3.05) is 27.1 Å². The monoisotopic (exact) mass is 314 g/mol. The number of rotatable bonds is 11. The minimum absolute atomic E-state index is 0.207. The minimum Gasteiger partial charge on any atom is -0.382 e. The highest BCUT2D eigenvalue weighted by atomic mass is 28.3. The van der Waals surface area contributed by atoms with E-state index in [-0.39, 0.29) is 5.60 Å². The second-order valence-electron chi connectivity index (χ2n) is 7.09. The van der Waals surface area contributed by atoms with Gasteiger partial charge in [-0.15, -0.1) is 0 Å². The lowest BCUT2D eigenvalue weighted by Crippen LogP contribution is -2.25. The van der Waals surface area contributed by atoms with Gasteiger partial charge in [-0.05, 0) is 25.8 Å². The molecule has 0 spiro atoms. The molecule has 1 atom stereocenters. The Labute approximate surface area is 132 Å². The fourth-order valence-corrected chi connectivity index (χ4v) is 2.10. The van der Waals surface area contributed by atoms with Crippen molar-refractivity contribution in [2.45, 2.75) is 58.0 Å². The average molecular weight is 315 g/mol. The van der Waals surface area contributed by atoms with E-state index in [0.717, 1.165) is 6.42 Å². The van der Waals surface area contributed by atoms with E-state index in [1.54, 1.807) is 7.11 Å². The second kappa shape index (κ2) is 10.3. The standard InChI is InChI=1S/C17H34O3Si/c1-16(21(5,6)7)11-9-8-10-12-17(2,3)20-15-19-14-13-18-4/h8-11,16H,12-15H2,1-7H3/b10-8+,11-9-/t16-/m1/s1. The van der Waals surface area contributed by atoms with Gasteiger partial charge in [0.2, 0.25) is 0 Å². The highest BCUT2D eigenvalue weighted by molar-refractivity contribution is 6.77. The fraction of sp³-hybridized carbons (Fsp3) is 0.765. The van der Waals surface area contributed by atoms with Gasteiger partial charge in [-0.2, -0.15) is 0 Å². The van der Waals surface area contributed by atoms with E-state index in [1.165, 1.54) is 0 Å². The molecule has 0 bridgehead atoms. The van der Waals surface area contributed by atoms with Gasteiger partial charge in [0, 0.05) is 7.11 Å². The number of allylic oxidation sites excluding steroid dienone is 3. The first-order chi connectivity index (χ1) is 9.69. The zero-order chi connectivity index (χ0) is 16.4. The highest BCUT2D eigenvalue weighted by Crippen LogP contribution is 2.22. The molecule has 0 saturated carbocycles. The number of ether oxygens (including phenoxy) is 3. The van der Waals surface area contributed by atoms with Crippen molar-refractivity contribution in [1.82, 2.24) is 0 Å². The molecule has 0 N–H and O–H groups in total. The topological polar surface area (TPSA) is 27.7 Å². The Balaban J connectivity index is 3.96. The van der Waals surface area contributed by atoms with Crippen LogP contribution in [0, 0.1) is 0 Å². The van der Waals surface area contributed by atoms with Crippen LogP contribution in [0.1, 0.15) is 27.2 Å². The molecule has 0 aromatic carbocycles. The SMILES string of the molecule is COCCOCOC(C)(C)C/C=C/C=C\[C@@H](C)[Si](C)(C)C. The lowest BCUT2D eigenvalue weighted by Gasteiger charge is -2.23. The van der Waals surface area contributed by atoms with Crippen LogP contribution in [0.2, 0.25) is 25.2 Å². The molecule has 3 nitrogen and oxygen atoms in total. The van der Waals surface area contributed by atoms with Crippen LogP contribution in [0.25, 0.3) is 0 Å². The Bertz CT molecular complexity index is 316. The molecule has 0 aromatic heterocycles. The molecule has 0 aliphatic heterocycles. The molecule has 0 rings (SSSR count). The summed E-state index contributed by atoms with van der Waals surface area (Å²) < 4.78 is 15.9. The van der Waals surface area contributed by atoms with E-state index in [2.05, 4.69) is 64.7 Å². The van der Waals surface area contributed by atoms with Gasteiger partial charge < -0.3 is 14.2 Å². The van der Waals surface area contributed by atoms with Crippen molar-refractivity contribution in [3.8, 4) is 0 Å². The van der Waals surface area contributed by atoms with Gasteiger partial charge in [0.25, 0.3) is 0 Å². The van der Waals surface area contributed by atoms with Crippen molar-refractivity contribution in [1.29, 1.82) is 0 Å². The molecule has 0 amide bonds. The van der Waals surface area contributed by atoms with Crippen LogP contribution in [-0.2, 0) is 14.2 Å². The Morgan fingerprint density at radius 3 is 2.33 bits per heavy atom. The van der Waals surface area contributed by atoms with Gasteiger partial charge in [0.05, 0.1) is 26.9 Å². The van der Waals surface area contributed by atoms with Crippen LogP contribution in [0.15, 0.2) is 24.3 Å². The summed E-state index contributed by atoms with van der Waals surface area (Å²) in [5.74, 6) is 0. The molecule has 21 heavy (non-hydrogen) atoms. The van der Waals surface area contributed by atoms with Crippen LogP contribution >= 0.6 is 0 Å². The van der Waals surface area contributed by atoms with Crippen molar-refractivity contribution < 1.29 is 14.2 Å². The van der Waals surface area contributed by atoms with Crippen LogP contribution < -0.4 is 0 Å². The maximum absolute atomic E-state index is 5.71. The Morgan fingerprint density at radius 1 is 1.10 bits per heavy atom. The predicted molar refractivity (Wildman–Crippen MR) is 93.5 cm³/mol. The van der Waals surface area contributed by atoms with Gasteiger partial charge in [-0.3, -0.25) is 0 Å². The summed E-state index contributed by atoms with van der Waals surface area (Å²) in [6.45, 7) is 15.1. The number of hydrogen-bond acceptors (Lipinski definition) is 3. The number of hydrogen-bond donors (Lipinski definition) is 0. The van der Waals surface area contributed by atoms with E-state index in [9.17, 15) is 0 Å². The lowest BCUT2D eigenvalue weighted by atomic mass is 10.1. The van der Waals surface area contributed by atoms with E-state index in [0.29, 0.717) is 25.5 Å². The summed E-state index contributed by atoms with van der Waals surface area (Å²) in [6, 6.07) is 0. The quantitative estimate of drug-likeness (QED) is 0.241. The molecule has 0 saturated heterocycles. The zero-order valence-corrected chi connectivity index (χ0v) is 15.9. The molecule has 0 fully saturated rings. The van der Waals surface area contributed by atoms with E-state index in [4.69, 9.17) is 14.2 Å². The zero-order valence-electron chi connectivity index (χ0n) is 14.9. The first kappa shape index (κ1) is 20.6. The van der Waals surface area contributed by atoms with Crippen molar-refractivity contribution in [2.24, 2.45) is 0 Å². The van der Waals surface area contributed by atoms with Gasteiger partial charge in [-0.25, -0.2) is 0 Å². The largest absolute Gasteiger partial charge is 0.382 e. The summed E-state index contributed by atoms with van der Waals surface area (Å²) in [5, 5.41) is 0. The molecular formula is C17H34O3Si. The smallest absolute Gasteiger partial charge is 0.147 e. The van der Waals surface area contributed by atoms with E-state index < -0.39 is 8.07 Å². The first-order valence-corrected chi connectivity index (χ1v) is 11.3. The minimum atomic E-state index is -1.06. The van der Waals surface area contributed by atoms with Gasteiger partial charge in [0.1, 0.15) is 6.79 Å². The maximum Gasteiger partial charge on any atom is 0.147 e. The number of methoxy groups -OCH3 is 1. The Hall–Kier alpha value is -0.423. The predicted octanol–water partition coefficient (Wildman–Crippen LogP) is 4.63. The normalized spacial score (nSPS) is 15.2. The fourth-order valence-electron chi connectivity index (χ4n) is 1.41. The third-order valence-electron chi connectivity index (χ3n) is 3.59. The third kappa shape index (κ3) is 11.9. The summed E-state index contributed by atoms with van der Waals surface area (Å²) in [6.07, 6.45) is 9.61. The van der Waals surface area contributed by atoms with Crippen molar-refractivity contribution >= 4 is 8.07 Å². The molecule has 0 heterocycles. The second-order valence-corrected chi connectivity index (χ2v) is 12.7. The van der Waals surface area contributed by atoms with Gasteiger partial charge in [0.15, 0.2) is 0 Å². The molecule has 0 aromatic rings. The molecule has 0 aliphatic carbocycles. The molecular weight excluding hydrogens is 280 g/mol. The van der Waals surface area contributed by atoms with Crippen LogP contribution in [0.4, 0.5) is 0 Å². The summed E-state index contributed by atoms with van der Waals surface area (Å²) in [4.78, 5) is 0. The van der Waals surface area contributed by atoms with E-state index >= 15 is 0 Å². The van der Waals surface area contributed by atoms with Gasteiger partial charge in [-0.1, -0.05) is 50.9 Å². The molecule has 0 aliphatic rings. The van der Waals surface area contributed by atoms with Crippen LogP contribution in [0.3, 0.4) is 0 Å². The average Bonchev–Trinajstić information content (AvgIpc) is 2.36. The van der Waals surface area contributed by atoms with E-state index in [1.807, 2.05) is 0 Å². The first-order valence-electron chi connectivity index (χ1n) is 7.73. The van der Waals surface area contributed by atoms with Crippen molar-refractivity contribution in [3.05, 3.63) is 24.3 Å². The summed E-state index contributed by atoms with van der Waals surface area (Å²) >= 11 is 0. The molecule has 0 unspecified atom stereocenters. The molecule has 4 heteroatoms. The lowest BCUT2D eigenvalue weighted by molar-refractivity contribution is -0.131. The highest BCUT2D eigenvalue weighted by Gasteiger charge is 2.19. The van der Waals surface area contributed by atoms with Crippen molar-refractivity contribution in [3.63, 3.8) is 0 Å². The third-order valence-corrected chi connectivity index (χ3v) is 6.51. The summed E-state index contributed by atoms with van der Waals surface area (Å²) in [7, 11) is 0.604. The molecule has 0 radical (unpaired) electrons. The summed E-state index contributed by atoms with van der Waals surface area (Å²) in [5.41, 5.74) is 0.488. The Morgan fingerprint density at radius 2 is 1.76 bits per heavy atom. The Kier molecular flexibility index (Phi) is 10.1. The van der Waals surface area contributed by atoms with Gasteiger partial charge >= 0.3 is 0 Å². The maximum atomic E-state index is 5.71.